The van der Waals surface area contributed by atoms with Gasteiger partial charge in [-0.3, -0.25) is 9.36 Å². The molecule has 7 heteroatoms. The standard InChI is InChI=1S/C19H17N3O3S/c1-2-9-22-18(23)14-6-3-4-7-15(14)20-19(22)26-12-13-11-17(25-21-13)16-8-5-10-24-16/h3-8,10-11H,2,9,12H2,1H3. The van der Waals surface area contributed by atoms with Crippen LogP contribution in [0.2, 0.25) is 0 Å². The number of furan rings is 1. The van der Waals surface area contributed by atoms with E-state index < -0.39 is 0 Å². The molecule has 0 aliphatic rings. The highest BCUT2D eigenvalue weighted by Crippen LogP contribution is 2.25. The largest absolute Gasteiger partial charge is 0.461 e. The molecule has 0 radical (unpaired) electrons. The van der Waals surface area contributed by atoms with E-state index in [0.29, 0.717) is 39.9 Å². The fourth-order valence-electron chi connectivity index (χ4n) is 2.73. The highest BCUT2D eigenvalue weighted by Gasteiger charge is 2.13. The van der Waals surface area contributed by atoms with Crippen LogP contribution in [0.1, 0.15) is 19.0 Å². The van der Waals surface area contributed by atoms with Crippen molar-refractivity contribution >= 4 is 22.7 Å². The van der Waals surface area contributed by atoms with Crippen LogP contribution in [0.4, 0.5) is 0 Å². The maximum absolute atomic E-state index is 12.8. The molecule has 0 aliphatic carbocycles. The van der Waals surface area contributed by atoms with Gasteiger partial charge in [0.15, 0.2) is 10.9 Å². The second-order valence-electron chi connectivity index (χ2n) is 5.82. The molecule has 4 rings (SSSR count). The Morgan fingerprint density at radius 3 is 2.85 bits per heavy atom. The molecule has 0 bridgehead atoms. The molecule has 0 aliphatic heterocycles. The summed E-state index contributed by atoms with van der Waals surface area (Å²) in [5.74, 6) is 1.78. The van der Waals surface area contributed by atoms with Gasteiger partial charge in [0.25, 0.3) is 5.56 Å². The van der Waals surface area contributed by atoms with E-state index >= 15 is 0 Å². The van der Waals surface area contributed by atoms with Crippen LogP contribution < -0.4 is 5.56 Å². The zero-order chi connectivity index (χ0) is 17.9. The molecule has 0 amide bonds. The number of para-hydroxylation sites is 1. The highest BCUT2D eigenvalue weighted by atomic mass is 32.2. The van der Waals surface area contributed by atoms with Crippen molar-refractivity contribution in [2.45, 2.75) is 30.8 Å². The van der Waals surface area contributed by atoms with Crippen molar-refractivity contribution < 1.29 is 8.94 Å². The Hall–Kier alpha value is -2.80. The number of fused-ring (bicyclic) bond motifs is 1. The van der Waals surface area contributed by atoms with Gasteiger partial charge in [-0.1, -0.05) is 36.0 Å². The molecule has 0 fully saturated rings. The second kappa shape index (κ2) is 7.21. The summed E-state index contributed by atoms with van der Waals surface area (Å²) in [4.78, 5) is 17.4. The summed E-state index contributed by atoms with van der Waals surface area (Å²) in [6, 6.07) is 12.9. The number of benzene rings is 1. The molecule has 0 atom stereocenters. The van der Waals surface area contributed by atoms with Crippen molar-refractivity contribution in [2.24, 2.45) is 0 Å². The van der Waals surface area contributed by atoms with Crippen LogP contribution in [-0.4, -0.2) is 14.7 Å². The van der Waals surface area contributed by atoms with E-state index in [0.717, 1.165) is 12.1 Å². The number of aromatic nitrogens is 3. The van der Waals surface area contributed by atoms with Crippen LogP contribution in [0.3, 0.4) is 0 Å². The highest BCUT2D eigenvalue weighted by molar-refractivity contribution is 7.98. The van der Waals surface area contributed by atoms with Crippen LogP contribution >= 0.6 is 11.8 Å². The molecule has 26 heavy (non-hydrogen) atoms. The van der Waals surface area contributed by atoms with Gasteiger partial charge in [-0.15, -0.1) is 0 Å². The van der Waals surface area contributed by atoms with E-state index in [-0.39, 0.29) is 5.56 Å². The lowest BCUT2D eigenvalue weighted by Gasteiger charge is -2.11. The van der Waals surface area contributed by atoms with Gasteiger partial charge in [-0.05, 0) is 30.7 Å². The molecule has 6 nitrogen and oxygen atoms in total. The van der Waals surface area contributed by atoms with Gasteiger partial charge >= 0.3 is 0 Å². The Balaban J connectivity index is 1.62. The van der Waals surface area contributed by atoms with Gasteiger partial charge < -0.3 is 8.94 Å². The van der Waals surface area contributed by atoms with Crippen molar-refractivity contribution in [3.63, 3.8) is 0 Å². The van der Waals surface area contributed by atoms with Crippen LogP contribution in [0.25, 0.3) is 22.4 Å². The van der Waals surface area contributed by atoms with Crippen molar-refractivity contribution in [1.29, 1.82) is 0 Å². The molecule has 3 heterocycles. The molecule has 0 N–H and O–H groups in total. The first-order chi connectivity index (χ1) is 12.8. The molecule has 4 aromatic rings. The predicted molar refractivity (Wildman–Crippen MR) is 100 cm³/mol. The summed E-state index contributed by atoms with van der Waals surface area (Å²) in [6.45, 7) is 2.68. The maximum Gasteiger partial charge on any atom is 0.262 e. The lowest BCUT2D eigenvalue weighted by atomic mass is 10.2. The summed E-state index contributed by atoms with van der Waals surface area (Å²) in [5.41, 5.74) is 1.48. The zero-order valence-electron chi connectivity index (χ0n) is 14.2. The maximum atomic E-state index is 12.8. The monoisotopic (exact) mass is 367 g/mol. The van der Waals surface area contributed by atoms with E-state index in [1.165, 1.54) is 11.8 Å². The first-order valence-electron chi connectivity index (χ1n) is 8.38. The topological polar surface area (TPSA) is 74.1 Å². The van der Waals surface area contributed by atoms with Gasteiger partial charge in [-0.2, -0.15) is 0 Å². The lowest BCUT2D eigenvalue weighted by Crippen LogP contribution is -2.23. The minimum Gasteiger partial charge on any atom is -0.461 e. The Labute approximate surface area is 153 Å². The number of thioether (sulfide) groups is 1. The molecule has 3 aromatic heterocycles. The van der Waals surface area contributed by atoms with Crippen molar-refractivity contribution in [3.05, 3.63) is 64.8 Å². The molecule has 0 saturated carbocycles. The predicted octanol–water partition coefficient (Wildman–Crippen LogP) is 4.35. The van der Waals surface area contributed by atoms with Gasteiger partial charge in [0.1, 0.15) is 0 Å². The third kappa shape index (κ3) is 3.17. The molecule has 1 aromatic carbocycles. The molecule has 132 valence electrons. The fourth-order valence-corrected chi connectivity index (χ4v) is 3.64. The summed E-state index contributed by atoms with van der Waals surface area (Å²) >= 11 is 1.48. The van der Waals surface area contributed by atoms with E-state index in [9.17, 15) is 4.79 Å². The van der Waals surface area contributed by atoms with Crippen LogP contribution in [-0.2, 0) is 12.3 Å². The quantitative estimate of drug-likeness (QED) is 0.373. The summed E-state index contributed by atoms with van der Waals surface area (Å²) < 4.78 is 12.4. The van der Waals surface area contributed by atoms with E-state index in [2.05, 4.69) is 10.1 Å². The van der Waals surface area contributed by atoms with Gasteiger partial charge in [0.2, 0.25) is 5.76 Å². The van der Waals surface area contributed by atoms with Crippen molar-refractivity contribution in [3.8, 4) is 11.5 Å². The number of hydrogen-bond donors (Lipinski definition) is 0. The van der Waals surface area contributed by atoms with Crippen LogP contribution in [0.15, 0.2) is 67.6 Å². The van der Waals surface area contributed by atoms with E-state index in [4.69, 9.17) is 8.94 Å². The average molecular weight is 367 g/mol. The summed E-state index contributed by atoms with van der Waals surface area (Å²) in [6.07, 6.45) is 2.45. The number of hydrogen-bond acceptors (Lipinski definition) is 6. The minimum atomic E-state index is -0.00335. The average Bonchev–Trinajstić information content (AvgIpc) is 3.34. The molecule has 0 saturated heterocycles. The normalized spacial score (nSPS) is 11.3. The van der Waals surface area contributed by atoms with Crippen LogP contribution in [0, 0.1) is 0 Å². The zero-order valence-corrected chi connectivity index (χ0v) is 15.0. The molecule has 0 unspecified atom stereocenters. The Bertz CT molecular complexity index is 1080. The summed E-state index contributed by atoms with van der Waals surface area (Å²) in [5, 5.41) is 5.41. The van der Waals surface area contributed by atoms with Crippen LogP contribution in [0.5, 0.6) is 0 Å². The van der Waals surface area contributed by atoms with Crippen molar-refractivity contribution in [1.82, 2.24) is 14.7 Å². The molecular formula is C19H17N3O3S. The fraction of sp³-hybridized carbons (Fsp3) is 0.211. The second-order valence-corrected chi connectivity index (χ2v) is 6.76. The first kappa shape index (κ1) is 16.7. The third-order valence-electron chi connectivity index (χ3n) is 3.95. The summed E-state index contributed by atoms with van der Waals surface area (Å²) in [7, 11) is 0. The molecule has 0 spiro atoms. The number of nitrogens with zero attached hydrogens (tertiary/aromatic N) is 3. The molecular weight excluding hydrogens is 350 g/mol. The number of rotatable bonds is 6. The van der Waals surface area contributed by atoms with Crippen molar-refractivity contribution in [2.75, 3.05) is 0 Å². The Morgan fingerprint density at radius 1 is 1.15 bits per heavy atom. The third-order valence-corrected chi connectivity index (χ3v) is 4.96. The SMILES string of the molecule is CCCn1c(SCc2cc(-c3ccco3)on2)nc2ccccc2c1=O. The lowest BCUT2D eigenvalue weighted by molar-refractivity contribution is 0.413. The Morgan fingerprint density at radius 2 is 2.04 bits per heavy atom. The van der Waals surface area contributed by atoms with Gasteiger partial charge in [0.05, 0.1) is 22.9 Å². The smallest absolute Gasteiger partial charge is 0.262 e. The minimum absolute atomic E-state index is 0.00335. The van der Waals surface area contributed by atoms with E-state index in [1.54, 1.807) is 16.9 Å². The van der Waals surface area contributed by atoms with Gasteiger partial charge in [-0.25, -0.2) is 4.98 Å². The first-order valence-corrected chi connectivity index (χ1v) is 9.36. The van der Waals surface area contributed by atoms with Gasteiger partial charge in [0, 0.05) is 18.4 Å². The van der Waals surface area contributed by atoms with E-state index in [1.807, 2.05) is 43.3 Å². The Kier molecular flexibility index (Phi) is 4.62.